The summed E-state index contributed by atoms with van der Waals surface area (Å²) in [5.74, 6) is 0.00129. The fourth-order valence-electron chi connectivity index (χ4n) is 3.06. The molecule has 0 aliphatic heterocycles. The molecule has 1 aromatic heterocycles. The summed E-state index contributed by atoms with van der Waals surface area (Å²) >= 11 is 1.72. The molecule has 2 aromatic carbocycles. The van der Waals surface area contributed by atoms with Crippen LogP contribution in [0.1, 0.15) is 31.2 Å². The molecule has 0 aliphatic carbocycles. The van der Waals surface area contributed by atoms with Crippen LogP contribution in [-0.4, -0.2) is 23.4 Å². The second-order valence-electron chi connectivity index (χ2n) is 6.89. The van der Waals surface area contributed by atoms with Gasteiger partial charge < -0.3 is 16.0 Å². The highest BCUT2D eigenvalue weighted by atomic mass is 32.1. The van der Waals surface area contributed by atoms with Gasteiger partial charge >= 0.3 is 6.03 Å². The van der Waals surface area contributed by atoms with Crippen molar-refractivity contribution in [2.24, 2.45) is 5.73 Å². The van der Waals surface area contributed by atoms with Gasteiger partial charge in [0.25, 0.3) is 5.91 Å². The zero-order chi connectivity index (χ0) is 20.6. The summed E-state index contributed by atoms with van der Waals surface area (Å²) in [6.07, 6.45) is 0.803. The van der Waals surface area contributed by atoms with Gasteiger partial charge in [-0.2, -0.15) is 0 Å². The van der Waals surface area contributed by atoms with Crippen LogP contribution in [0.3, 0.4) is 0 Å². The molecule has 3 N–H and O–H groups in total. The van der Waals surface area contributed by atoms with Crippen molar-refractivity contribution in [2.75, 3.05) is 6.54 Å². The molecule has 0 radical (unpaired) electrons. The number of rotatable bonds is 8. The third-order valence-electron chi connectivity index (χ3n) is 4.61. The second-order valence-corrected chi connectivity index (χ2v) is 8.26. The number of amides is 3. The Hall–Kier alpha value is -3.12. The van der Waals surface area contributed by atoms with Crippen LogP contribution >= 0.6 is 11.3 Å². The van der Waals surface area contributed by atoms with E-state index in [4.69, 9.17) is 5.73 Å². The van der Waals surface area contributed by atoms with Crippen LogP contribution in [0.25, 0.3) is 0 Å². The summed E-state index contributed by atoms with van der Waals surface area (Å²) in [6, 6.07) is 21.1. The minimum atomic E-state index is -0.566. The molecule has 3 aromatic rings. The highest BCUT2D eigenvalue weighted by Gasteiger charge is 2.17. The summed E-state index contributed by atoms with van der Waals surface area (Å²) in [4.78, 5) is 28.4. The lowest BCUT2D eigenvalue weighted by atomic mass is 10.1. The zero-order valence-corrected chi connectivity index (χ0v) is 17.2. The smallest absolute Gasteiger partial charge is 0.312 e. The van der Waals surface area contributed by atoms with Crippen LogP contribution in [0.5, 0.6) is 0 Å². The third kappa shape index (κ3) is 6.19. The van der Waals surface area contributed by atoms with Gasteiger partial charge in [-0.3, -0.25) is 4.79 Å². The van der Waals surface area contributed by atoms with Crippen LogP contribution in [0.15, 0.2) is 66.7 Å². The monoisotopic (exact) mass is 407 g/mol. The Balaban J connectivity index is 1.72. The fourth-order valence-corrected chi connectivity index (χ4v) is 3.96. The molecule has 0 spiro atoms. The highest BCUT2D eigenvalue weighted by Crippen LogP contribution is 2.19. The lowest BCUT2D eigenvalue weighted by Crippen LogP contribution is -2.32. The number of thiophene rings is 1. The van der Waals surface area contributed by atoms with Gasteiger partial charge in [0.2, 0.25) is 0 Å². The van der Waals surface area contributed by atoms with E-state index >= 15 is 0 Å². The fraction of sp³-hybridized carbons (Fsp3) is 0.217. The van der Waals surface area contributed by atoms with Crippen LogP contribution in [0.2, 0.25) is 0 Å². The lowest BCUT2D eigenvalue weighted by molar-refractivity contribution is 0.0746. The van der Waals surface area contributed by atoms with Gasteiger partial charge in [-0.15, -0.1) is 11.3 Å². The summed E-state index contributed by atoms with van der Waals surface area (Å²) < 4.78 is 0. The van der Waals surface area contributed by atoms with E-state index in [-0.39, 0.29) is 5.91 Å². The minimum Gasteiger partial charge on any atom is -0.352 e. The molecule has 0 saturated heterocycles. The first-order chi connectivity index (χ1) is 14.0. The molecule has 0 bridgehead atoms. The Morgan fingerprint density at radius 3 is 2.31 bits per heavy atom. The largest absolute Gasteiger partial charge is 0.352 e. The third-order valence-corrected chi connectivity index (χ3v) is 5.60. The standard InChI is InChI=1S/C23H25N3O2S/c1-17-7-12-21(29-17)16-26(14-13-18-5-3-2-4-6-18)22(27)20-10-8-19(9-11-20)15-25-23(24)28/h2-12H,13-16H2,1H3,(H3,24,25,28). The molecular weight excluding hydrogens is 382 g/mol. The molecule has 6 heteroatoms. The second kappa shape index (κ2) is 9.89. The maximum Gasteiger partial charge on any atom is 0.312 e. The SMILES string of the molecule is Cc1ccc(CN(CCc2ccccc2)C(=O)c2ccc(CNC(N)=O)cc2)s1. The lowest BCUT2D eigenvalue weighted by Gasteiger charge is -2.22. The van der Waals surface area contributed by atoms with E-state index in [0.29, 0.717) is 25.2 Å². The van der Waals surface area contributed by atoms with Crippen molar-refractivity contribution in [2.45, 2.75) is 26.4 Å². The molecule has 0 unspecified atom stereocenters. The molecule has 0 saturated carbocycles. The number of nitrogens with one attached hydrogen (secondary N) is 1. The van der Waals surface area contributed by atoms with Gasteiger partial charge in [0.15, 0.2) is 0 Å². The molecule has 29 heavy (non-hydrogen) atoms. The average Bonchev–Trinajstić information content (AvgIpc) is 3.15. The van der Waals surface area contributed by atoms with E-state index in [1.807, 2.05) is 35.2 Å². The molecule has 5 nitrogen and oxygen atoms in total. The predicted octanol–water partition coefficient (Wildman–Crippen LogP) is 4.11. The first kappa shape index (κ1) is 20.6. The van der Waals surface area contributed by atoms with Crippen molar-refractivity contribution in [3.63, 3.8) is 0 Å². The van der Waals surface area contributed by atoms with Crippen molar-refractivity contribution >= 4 is 23.3 Å². The first-order valence-electron chi connectivity index (χ1n) is 9.52. The number of hydrogen-bond acceptors (Lipinski definition) is 3. The van der Waals surface area contributed by atoms with Crippen LogP contribution in [0, 0.1) is 6.92 Å². The average molecular weight is 408 g/mol. The van der Waals surface area contributed by atoms with Gasteiger partial charge in [-0.25, -0.2) is 4.79 Å². The number of primary amides is 1. The summed E-state index contributed by atoms with van der Waals surface area (Å²) in [5, 5.41) is 2.55. The molecule has 0 aliphatic rings. The van der Waals surface area contributed by atoms with Crippen LogP contribution < -0.4 is 11.1 Å². The Bertz CT molecular complexity index is 952. The number of urea groups is 1. The Kier molecular flexibility index (Phi) is 7.03. The van der Waals surface area contributed by atoms with Crippen molar-refractivity contribution in [1.82, 2.24) is 10.2 Å². The predicted molar refractivity (Wildman–Crippen MR) is 117 cm³/mol. The van der Waals surface area contributed by atoms with E-state index < -0.39 is 6.03 Å². The molecular formula is C23H25N3O2S. The van der Waals surface area contributed by atoms with Crippen LogP contribution in [-0.2, 0) is 19.5 Å². The number of hydrogen-bond donors (Lipinski definition) is 2. The maximum absolute atomic E-state index is 13.2. The number of nitrogens with zero attached hydrogens (tertiary/aromatic N) is 1. The molecule has 3 amide bonds. The summed E-state index contributed by atoms with van der Waals surface area (Å²) in [7, 11) is 0. The van der Waals surface area contributed by atoms with Crippen LogP contribution in [0.4, 0.5) is 4.79 Å². The van der Waals surface area contributed by atoms with Gasteiger partial charge in [0.1, 0.15) is 0 Å². The van der Waals surface area contributed by atoms with Gasteiger partial charge in [0.05, 0.1) is 6.54 Å². The molecule has 150 valence electrons. The van der Waals surface area contributed by atoms with Crippen molar-refractivity contribution in [1.29, 1.82) is 0 Å². The van der Waals surface area contributed by atoms with E-state index in [9.17, 15) is 9.59 Å². The number of carbonyl (C=O) groups excluding carboxylic acids is 2. The van der Waals surface area contributed by atoms with Crippen molar-refractivity contribution < 1.29 is 9.59 Å². The van der Waals surface area contributed by atoms with E-state index in [1.165, 1.54) is 15.3 Å². The Morgan fingerprint density at radius 1 is 0.966 bits per heavy atom. The number of aryl methyl sites for hydroxylation is 1. The Morgan fingerprint density at radius 2 is 1.69 bits per heavy atom. The van der Waals surface area contributed by atoms with Gasteiger partial charge in [0, 0.05) is 28.4 Å². The zero-order valence-electron chi connectivity index (χ0n) is 16.4. The maximum atomic E-state index is 13.2. The van der Waals surface area contributed by atoms with E-state index in [1.54, 1.807) is 23.5 Å². The molecule has 0 atom stereocenters. The van der Waals surface area contributed by atoms with E-state index in [0.717, 1.165) is 12.0 Å². The Labute approximate surface area is 175 Å². The van der Waals surface area contributed by atoms with Crippen molar-refractivity contribution in [3.8, 4) is 0 Å². The number of nitrogens with two attached hydrogens (primary N) is 1. The van der Waals surface area contributed by atoms with E-state index in [2.05, 4.69) is 36.5 Å². The number of benzene rings is 2. The minimum absolute atomic E-state index is 0.00129. The molecule has 1 heterocycles. The summed E-state index contributed by atoms with van der Waals surface area (Å²) in [5.41, 5.74) is 7.84. The molecule has 0 fully saturated rings. The normalized spacial score (nSPS) is 10.5. The first-order valence-corrected chi connectivity index (χ1v) is 10.3. The topological polar surface area (TPSA) is 75.4 Å². The quantitative estimate of drug-likeness (QED) is 0.590. The molecule has 3 rings (SSSR count). The number of carbonyl (C=O) groups is 2. The highest BCUT2D eigenvalue weighted by molar-refractivity contribution is 7.11. The summed E-state index contributed by atoms with van der Waals surface area (Å²) in [6.45, 7) is 3.65. The van der Waals surface area contributed by atoms with Crippen molar-refractivity contribution in [3.05, 3.63) is 93.2 Å². The van der Waals surface area contributed by atoms with Gasteiger partial charge in [-0.1, -0.05) is 42.5 Å². The van der Waals surface area contributed by atoms with Gasteiger partial charge in [-0.05, 0) is 48.7 Å².